The predicted octanol–water partition coefficient (Wildman–Crippen LogP) is 1.33. The van der Waals surface area contributed by atoms with E-state index in [4.69, 9.17) is 10.4 Å². The first-order chi connectivity index (χ1) is 9.56. The molecular weight excluding hydrogens is 276 g/mol. The Balaban J connectivity index is 2.17. The second kappa shape index (κ2) is 5.90. The summed E-state index contributed by atoms with van der Waals surface area (Å²) < 4.78 is 26.1. The average molecular weight is 290 g/mol. The fraction of sp³-hybridized carbons (Fsp3) is 0.214. The van der Waals surface area contributed by atoms with E-state index >= 15 is 0 Å². The van der Waals surface area contributed by atoms with Crippen molar-refractivity contribution in [3.05, 3.63) is 53.9 Å². The summed E-state index contributed by atoms with van der Waals surface area (Å²) in [5.41, 5.74) is 0.995. The van der Waals surface area contributed by atoms with Gasteiger partial charge in [0.15, 0.2) is 9.84 Å². The normalized spacial score (nSPS) is 11.2. The Morgan fingerprint density at radius 2 is 2.05 bits per heavy atom. The van der Waals surface area contributed by atoms with E-state index in [2.05, 4.69) is 0 Å². The van der Waals surface area contributed by atoms with Gasteiger partial charge in [-0.2, -0.15) is 5.26 Å². The van der Waals surface area contributed by atoms with Crippen molar-refractivity contribution in [1.82, 2.24) is 4.57 Å². The van der Waals surface area contributed by atoms with Crippen LogP contribution in [-0.4, -0.2) is 23.8 Å². The molecule has 2 aromatic rings. The molecule has 6 heteroatoms. The van der Waals surface area contributed by atoms with Gasteiger partial charge < -0.3 is 9.67 Å². The van der Waals surface area contributed by atoms with Gasteiger partial charge in [0.25, 0.3) is 0 Å². The van der Waals surface area contributed by atoms with E-state index in [9.17, 15) is 8.42 Å². The molecular formula is C14H14N2O3S. The van der Waals surface area contributed by atoms with Crippen LogP contribution < -0.4 is 0 Å². The second-order valence-electron chi connectivity index (χ2n) is 4.31. The lowest BCUT2D eigenvalue weighted by atomic mass is 10.2. The van der Waals surface area contributed by atoms with Crippen LogP contribution in [0.4, 0.5) is 0 Å². The Kier molecular flexibility index (Phi) is 4.23. The van der Waals surface area contributed by atoms with E-state index in [1.54, 1.807) is 35.0 Å². The first-order valence-corrected chi connectivity index (χ1v) is 7.70. The number of rotatable bonds is 5. The summed E-state index contributed by atoms with van der Waals surface area (Å²) in [4.78, 5) is 0.147. The third-order valence-corrected chi connectivity index (χ3v) is 4.70. The van der Waals surface area contributed by atoms with E-state index < -0.39 is 9.84 Å². The van der Waals surface area contributed by atoms with E-state index in [0.29, 0.717) is 11.3 Å². The lowest BCUT2D eigenvalue weighted by Gasteiger charge is -2.08. The highest BCUT2D eigenvalue weighted by Gasteiger charge is 2.15. The van der Waals surface area contributed by atoms with Gasteiger partial charge in [0, 0.05) is 18.4 Å². The van der Waals surface area contributed by atoms with Gasteiger partial charge in [-0.05, 0) is 30.3 Å². The van der Waals surface area contributed by atoms with Crippen molar-refractivity contribution >= 4 is 9.84 Å². The predicted molar refractivity (Wildman–Crippen MR) is 73.6 cm³/mol. The highest BCUT2D eigenvalue weighted by atomic mass is 32.2. The number of benzene rings is 1. The van der Waals surface area contributed by atoms with Gasteiger partial charge in [-0.15, -0.1) is 0 Å². The average Bonchev–Trinajstić information content (AvgIpc) is 2.93. The molecule has 1 N–H and O–H groups in total. The second-order valence-corrected chi connectivity index (χ2v) is 6.42. The summed E-state index contributed by atoms with van der Waals surface area (Å²) in [6, 6.07) is 11.4. The molecule has 1 heterocycles. The van der Waals surface area contributed by atoms with Crippen LogP contribution in [-0.2, 0) is 23.0 Å². The van der Waals surface area contributed by atoms with Crippen molar-refractivity contribution in [2.45, 2.75) is 18.0 Å². The van der Waals surface area contributed by atoms with Gasteiger partial charge in [0.1, 0.15) is 0 Å². The van der Waals surface area contributed by atoms with E-state index in [0.717, 1.165) is 0 Å². The topological polar surface area (TPSA) is 83.1 Å². The van der Waals surface area contributed by atoms with E-state index in [1.165, 1.54) is 12.1 Å². The number of sulfone groups is 1. The molecule has 104 valence electrons. The molecule has 20 heavy (non-hydrogen) atoms. The number of hydrogen-bond donors (Lipinski definition) is 1. The molecule has 0 bridgehead atoms. The van der Waals surface area contributed by atoms with Gasteiger partial charge in [-0.1, -0.05) is 6.07 Å². The molecule has 0 aliphatic carbocycles. The zero-order valence-corrected chi connectivity index (χ0v) is 11.5. The molecule has 0 amide bonds. The summed E-state index contributed by atoms with van der Waals surface area (Å²) in [5.74, 6) is -0.0798. The van der Waals surface area contributed by atoms with Gasteiger partial charge >= 0.3 is 0 Å². The number of aliphatic hydroxyl groups excluding tert-OH is 1. The molecule has 0 saturated carbocycles. The van der Waals surface area contributed by atoms with Crippen molar-refractivity contribution in [2.24, 2.45) is 0 Å². The molecule has 2 rings (SSSR count). The fourth-order valence-electron chi connectivity index (χ4n) is 1.91. The maximum atomic E-state index is 12.2. The van der Waals surface area contributed by atoms with Gasteiger partial charge in [-0.3, -0.25) is 0 Å². The molecule has 0 fully saturated rings. The van der Waals surface area contributed by atoms with Crippen molar-refractivity contribution in [1.29, 1.82) is 5.26 Å². The Morgan fingerprint density at radius 1 is 1.25 bits per heavy atom. The van der Waals surface area contributed by atoms with Crippen LogP contribution in [0.2, 0.25) is 0 Å². The Hall–Kier alpha value is -2.10. The maximum absolute atomic E-state index is 12.2. The lowest BCUT2D eigenvalue weighted by Crippen LogP contribution is -2.14. The molecule has 0 radical (unpaired) electrons. The number of nitriles is 1. The minimum atomic E-state index is -3.45. The Bertz CT molecular complexity index is 742. The first kappa shape index (κ1) is 14.3. The highest BCUT2D eigenvalue weighted by molar-refractivity contribution is 7.91. The third-order valence-electron chi connectivity index (χ3n) is 3.01. The highest BCUT2D eigenvalue weighted by Crippen LogP contribution is 2.14. The monoisotopic (exact) mass is 290 g/mol. The molecule has 1 aromatic carbocycles. The summed E-state index contributed by atoms with van der Waals surface area (Å²) >= 11 is 0. The molecule has 0 atom stereocenters. The lowest BCUT2D eigenvalue weighted by molar-refractivity contribution is 0.271. The molecule has 0 spiro atoms. The van der Waals surface area contributed by atoms with Crippen molar-refractivity contribution in [3.63, 3.8) is 0 Å². The van der Waals surface area contributed by atoms with Crippen molar-refractivity contribution < 1.29 is 13.5 Å². The summed E-state index contributed by atoms with van der Waals surface area (Å²) in [7, 11) is -3.45. The Labute approximate surface area is 117 Å². The van der Waals surface area contributed by atoms with E-state index in [-0.39, 0.29) is 23.8 Å². The third kappa shape index (κ3) is 3.07. The number of aliphatic hydroxyl groups is 1. The summed E-state index contributed by atoms with van der Waals surface area (Å²) in [5, 5.41) is 17.9. The van der Waals surface area contributed by atoms with Crippen LogP contribution in [0.25, 0.3) is 0 Å². The zero-order chi connectivity index (χ0) is 14.6. The molecule has 5 nitrogen and oxygen atoms in total. The maximum Gasteiger partial charge on any atom is 0.180 e. The minimum Gasteiger partial charge on any atom is -0.390 e. The molecule has 0 unspecified atom stereocenters. The van der Waals surface area contributed by atoms with Crippen molar-refractivity contribution in [2.75, 3.05) is 5.75 Å². The largest absolute Gasteiger partial charge is 0.390 e. The molecule has 0 aliphatic rings. The van der Waals surface area contributed by atoms with Crippen LogP contribution >= 0.6 is 0 Å². The SMILES string of the molecule is N#Cc1cccc(S(=O)(=O)CCn2cccc2CO)c1. The van der Waals surface area contributed by atoms with Crippen LogP contribution in [0.15, 0.2) is 47.5 Å². The number of aromatic nitrogens is 1. The van der Waals surface area contributed by atoms with Crippen LogP contribution in [0.1, 0.15) is 11.3 Å². The van der Waals surface area contributed by atoms with Crippen LogP contribution in [0.3, 0.4) is 0 Å². The number of aryl methyl sites for hydroxylation is 1. The first-order valence-electron chi connectivity index (χ1n) is 6.04. The van der Waals surface area contributed by atoms with Gasteiger partial charge in [0.2, 0.25) is 0 Å². The standard InChI is InChI=1S/C14H14N2O3S/c15-10-12-3-1-5-14(9-12)20(18,19)8-7-16-6-2-4-13(16)11-17/h1-6,9,17H,7-8,11H2. The van der Waals surface area contributed by atoms with Gasteiger partial charge in [-0.25, -0.2) is 8.42 Å². The summed E-state index contributed by atoms with van der Waals surface area (Å²) in [6.07, 6.45) is 1.73. The van der Waals surface area contributed by atoms with Gasteiger partial charge in [0.05, 0.1) is 28.9 Å². The molecule has 0 saturated heterocycles. The summed E-state index contributed by atoms with van der Waals surface area (Å²) in [6.45, 7) is 0.138. The number of hydrogen-bond acceptors (Lipinski definition) is 4. The molecule has 0 aliphatic heterocycles. The fourth-order valence-corrected chi connectivity index (χ4v) is 3.17. The quantitative estimate of drug-likeness (QED) is 0.900. The number of nitrogens with zero attached hydrogens (tertiary/aromatic N) is 2. The van der Waals surface area contributed by atoms with E-state index in [1.807, 2.05) is 6.07 Å². The minimum absolute atomic E-state index is 0.0798. The van der Waals surface area contributed by atoms with Crippen LogP contribution in [0, 0.1) is 11.3 Å². The molecule has 1 aromatic heterocycles. The zero-order valence-electron chi connectivity index (χ0n) is 10.7. The smallest absolute Gasteiger partial charge is 0.180 e. The Morgan fingerprint density at radius 3 is 2.75 bits per heavy atom. The van der Waals surface area contributed by atoms with Crippen molar-refractivity contribution in [3.8, 4) is 6.07 Å². The van der Waals surface area contributed by atoms with Crippen LogP contribution in [0.5, 0.6) is 0 Å².